The average Bonchev–Trinajstić information content (AvgIpc) is 2.53. The molecule has 0 unspecified atom stereocenters. The SMILES string of the molecule is N#Cc1cc2c(I)csc2s1. The summed E-state index contributed by atoms with van der Waals surface area (Å²) in [6.45, 7) is 0. The van der Waals surface area contributed by atoms with Gasteiger partial charge >= 0.3 is 0 Å². The number of nitrogens with zero attached hydrogens (tertiary/aromatic N) is 1. The molecular weight excluding hydrogens is 289 g/mol. The van der Waals surface area contributed by atoms with Crippen LogP contribution in [0.4, 0.5) is 0 Å². The molecule has 1 nitrogen and oxygen atoms in total. The Morgan fingerprint density at radius 3 is 3.00 bits per heavy atom. The lowest BCUT2D eigenvalue weighted by Crippen LogP contribution is -1.58. The first-order valence-corrected chi connectivity index (χ1v) is 5.65. The summed E-state index contributed by atoms with van der Waals surface area (Å²) in [6, 6.07) is 4.11. The number of halogens is 1. The van der Waals surface area contributed by atoms with Gasteiger partial charge in [0.2, 0.25) is 0 Å². The van der Waals surface area contributed by atoms with E-state index < -0.39 is 0 Å². The number of hydrogen-bond donors (Lipinski definition) is 0. The first-order chi connectivity index (χ1) is 5.31. The standard InChI is InChI=1S/C7H2INS2/c8-6-3-10-7-5(6)1-4(2-9)11-7/h1,3H. The van der Waals surface area contributed by atoms with E-state index in [1.807, 2.05) is 6.07 Å². The fraction of sp³-hybridized carbons (Fsp3) is 0. The van der Waals surface area contributed by atoms with Crippen molar-refractivity contribution in [3.63, 3.8) is 0 Å². The van der Waals surface area contributed by atoms with Crippen molar-refractivity contribution in [2.75, 3.05) is 0 Å². The summed E-state index contributed by atoms with van der Waals surface area (Å²) < 4.78 is 2.51. The molecule has 0 bridgehead atoms. The second kappa shape index (κ2) is 2.73. The van der Waals surface area contributed by atoms with Gasteiger partial charge in [-0.05, 0) is 28.7 Å². The van der Waals surface area contributed by atoms with Crippen LogP contribution in [0.2, 0.25) is 0 Å². The first-order valence-electron chi connectivity index (χ1n) is 2.88. The summed E-state index contributed by atoms with van der Waals surface area (Å²) in [6.07, 6.45) is 0. The summed E-state index contributed by atoms with van der Waals surface area (Å²) in [4.78, 5) is 0.810. The van der Waals surface area contributed by atoms with Crippen molar-refractivity contribution in [2.24, 2.45) is 0 Å². The third-order valence-electron chi connectivity index (χ3n) is 1.33. The van der Waals surface area contributed by atoms with Crippen LogP contribution in [-0.4, -0.2) is 0 Å². The number of hydrogen-bond acceptors (Lipinski definition) is 3. The highest BCUT2D eigenvalue weighted by Gasteiger charge is 2.05. The molecule has 0 aromatic carbocycles. The molecule has 0 amide bonds. The minimum atomic E-state index is 0.810. The molecule has 0 fully saturated rings. The molecule has 0 spiro atoms. The van der Waals surface area contributed by atoms with Gasteiger partial charge < -0.3 is 0 Å². The molecule has 2 rings (SSSR count). The van der Waals surface area contributed by atoms with Crippen LogP contribution >= 0.6 is 45.3 Å². The van der Waals surface area contributed by atoms with Crippen molar-refractivity contribution >= 4 is 54.7 Å². The third-order valence-corrected chi connectivity index (χ3v) is 4.81. The van der Waals surface area contributed by atoms with Gasteiger partial charge in [0.1, 0.15) is 10.9 Å². The summed E-state index contributed by atoms with van der Waals surface area (Å²) in [5.74, 6) is 0. The number of nitriles is 1. The zero-order valence-corrected chi connectivity index (χ0v) is 9.09. The van der Waals surface area contributed by atoms with Crippen LogP contribution in [0.1, 0.15) is 4.88 Å². The molecule has 54 valence electrons. The van der Waals surface area contributed by atoms with Crippen molar-refractivity contribution in [3.8, 4) is 6.07 Å². The zero-order chi connectivity index (χ0) is 7.84. The van der Waals surface area contributed by atoms with E-state index in [9.17, 15) is 0 Å². The Morgan fingerprint density at radius 1 is 1.55 bits per heavy atom. The third kappa shape index (κ3) is 1.17. The molecule has 11 heavy (non-hydrogen) atoms. The smallest absolute Gasteiger partial charge is 0.110 e. The van der Waals surface area contributed by atoms with Crippen LogP contribution in [0, 0.1) is 14.9 Å². The highest BCUT2D eigenvalue weighted by molar-refractivity contribution is 14.1. The fourth-order valence-corrected chi connectivity index (χ4v) is 3.97. The van der Waals surface area contributed by atoms with Gasteiger partial charge in [-0.2, -0.15) is 5.26 Å². The average molecular weight is 291 g/mol. The molecule has 2 aromatic rings. The van der Waals surface area contributed by atoms with Gasteiger partial charge in [-0.3, -0.25) is 0 Å². The molecule has 0 radical (unpaired) electrons. The van der Waals surface area contributed by atoms with E-state index in [1.54, 1.807) is 22.7 Å². The lowest BCUT2D eigenvalue weighted by atomic mass is 10.4. The minimum Gasteiger partial charge on any atom is -0.192 e. The number of fused-ring (bicyclic) bond motifs is 1. The quantitative estimate of drug-likeness (QED) is 0.682. The Kier molecular flexibility index (Phi) is 1.87. The number of thiophene rings is 2. The Hall–Kier alpha value is -0.120. The lowest BCUT2D eigenvalue weighted by molar-refractivity contribution is 1.52. The van der Waals surface area contributed by atoms with E-state index in [0.717, 1.165) is 4.88 Å². The van der Waals surface area contributed by atoms with Crippen LogP contribution in [0.25, 0.3) is 9.40 Å². The maximum Gasteiger partial charge on any atom is 0.110 e. The fourth-order valence-electron chi connectivity index (χ4n) is 0.852. The van der Waals surface area contributed by atoms with Gasteiger partial charge in [0.05, 0.1) is 4.01 Å². The van der Waals surface area contributed by atoms with Crippen molar-refractivity contribution in [2.45, 2.75) is 0 Å². The van der Waals surface area contributed by atoms with Crippen molar-refractivity contribution in [1.29, 1.82) is 5.26 Å². The van der Waals surface area contributed by atoms with Crippen molar-refractivity contribution < 1.29 is 0 Å². The molecule has 4 heteroatoms. The van der Waals surface area contributed by atoms with Crippen LogP contribution in [0.5, 0.6) is 0 Å². The summed E-state index contributed by atoms with van der Waals surface area (Å²) >= 11 is 5.57. The molecule has 0 aliphatic carbocycles. The zero-order valence-electron chi connectivity index (χ0n) is 5.30. The Labute approximate surface area is 85.4 Å². The topological polar surface area (TPSA) is 23.8 Å². The van der Waals surface area contributed by atoms with E-state index in [2.05, 4.69) is 34.0 Å². The summed E-state index contributed by atoms with van der Waals surface area (Å²) in [5.41, 5.74) is 0. The largest absolute Gasteiger partial charge is 0.192 e. The Bertz CT molecular complexity index is 435. The molecule has 0 saturated heterocycles. The molecular formula is C7H2INS2. The van der Waals surface area contributed by atoms with Gasteiger partial charge in [-0.1, -0.05) is 0 Å². The molecule has 0 aliphatic heterocycles. The second-order valence-corrected chi connectivity index (χ2v) is 5.36. The maximum atomic E-state index is 8.61. The van der Waals surface area contributed by atoms with Crippen LogP contribution in [-0.2, 0) is 0 Å². The lowest BCUT2D eigenvalue weighted by Gasteiger charge is -1.74. The van der Waals surface area contributed by atoms with Crippen LogP contribution in [0.15, 0.2) is 11.4 Å². The predicted molar refractivity (Wildman–Crippen MR) is 57.1 cm³/mol. The van der Waals surface area contributed by atoms with Gasteiger partial charge in [0.25, 0.3) is 0 Å². The second-order valence-electron chi connectivity index (χ2n) is 2.01. The molecule has 0 atom stereocenters. The van der Waals surface area contributed by atoms with E-state index in [-0.39, 0.29) is 0 Å². The van der Waals surface area contributed by atoms with E-state index in [1.165, 1.54) is 13.0 Å². The van der Waals surface area contributed by atoms with E-state index in [0.29, 0.717) is 0 Å². The number of rotatable bonds is 0. The molecule has 2 heterocycles. The van der Waals surface area contributed by atoms with Crippen LogP contribution in [0.3, 0.4) is 0 Å². The highest BCUT2D eigenvalue weighted by Crippen LogP contribution is 2.34. The first kappa shape index (κ1) is 7.53. The molecule has 2 aromatic heterocycles. The van der Waals surface area contributed by atoms with E-state index in [4.69, 9.17) is 5.26 Å². The molecule has 0 N–H and O–H groups in total. The molecule has 0 aliphatic rings. The molecule has 0 saturated carbocycles. The highest BCUT2D eigenvalue weighted by atomic mass is 127. The summed E-state index contributed by atoms with van der Waals surface area (Å²) in [7, 11) is 0. The summed E-state index contributed by atoms with van der Waals surface area (Å²) in [5, 5.41) is 12.0. The monoisotopic (exact) mass is 291 g/mol. The van der Waals surface area contributed by atoms with Gasteiger partial charge in [-0.25, -0.2) is 0 Å². The Morgan fingerprint density at radius 2 is 2.36 bits per heavy atom. The normalized spacial score (nSPS) is 10.2. The van der Waals surface area contributed by atoms with E-state index >= 15 is 0 Å². The van der Waals surface area contributed by atoms with Crippen LogP contribution < -0.4 is 0 Å². The predicted octanol–water partition coefficient (Wildman–Crippen LogP) is 3.44. The Balaban J connectivity index is 2.82. The maximum absolute atomic E-state index is 8.61. The van der Waals surface area contributed by atoms with Crippen molar-refractivity contribution in [3.05, 3.63) is 19.9 Å². The van der Waals surface area contributed by atoms with Gasteiger partial charge in [0, 0.05) is 14.3 Å². The van der Waals surface area contributed by atoms with Gasteiger partial charge in [-0.15, -0.1) is 22.7 Å². The van der Waals surface area contributed by atoms with Crippen molar-refractivity contribution in [1.82, 2.24) is 0 Å². The van der Waals surface area contributed by atoms with Gasteiger partial charge in [0.15, 0.2) is 0 Å². The minimum absolute atomic E-state index is 0.810.